The predicted octanol–water partition coefficient (Wildman–Crippen LogP) is 4.01. The van der Waals surface area contributed by atoms with Crippen LogP contribution >= 0.6 is 0 Å². The smallest absolute Gasteiger partial charge is 0.359 e. The summed E-state index contributed by atoms with van der Waals surface area (Å²) >= 11 is 0. The van der Waals surface area contributed by atoms with E-state index in [9.17, 15) is 27.6 Å². The number of H-pyrrole nitrogens is 1. The molecule has 4 heterocycles. The molecule has 5 aromatic rings. The molecule has 0 radical (unpaired) electrons. The maximum atomic E-state index is 14.0. The fourth-order valence-corrected chi connectivity index (χ4v) is 4.82. The number of amides is 3. The number of aromatic nitrogens is 4. The molecule has 12 heteroatoms. The van der Waals surface area contributed by atoms with Gasteiger partial charge in [-0.3, -0.25) is 19.3 Å². The summed E-state index contributed by atoms with van der Waals surface area (Å²) in [5.41, 5.74) is -0.0620. The minimum absolute atomic E-state index is 0.000821. The molecule has 0 bridgehead atoms. The third kappa shape index (κ3) is 4.10. The molecule has 2 aromatic carbocycles. The van der Waals surface area contributed by atoms with Crippen LogP contribution in [0.2, 0.25) is 0 Å². The SMILES string of the molecule is O=C(CN1C(=O)c2ccccc2C1=O)NCCn1c(-c2ccc[nH]2)nc2c(C(F)(F)F)nc3ccccc3c21. The summed E-state index contributed by atoms with van der Waals surface area (Å²) in [5.74, 6) is -1.45. The largest absolute Gasteiger partial charge is 0.435 e. The Kier molecular flexibility index (Phi) is 5.67. The van der Waals surface area contributed by atoms with Crippen LogP contribution in [0.1, 0.15) is 26.4 Å². The highest BCUT2D eigenvalue weighted by molar-refractivity contribution is 6.22. The Morgan fingerprint density at radius 2 is 1.62 bits per heavy atom. The third-order valence-corrected chi connectivity index (χ3v) is 6.53. The summed E-state index contributed by atoms with van der Waals surface area (Å²) in [4.78, 5) is 49.9. The molecule has 0 unspecified atom stereocenters. The van der Waals surface area contributed by atoms with Gasteiger partial charge in [-0.15, -0.1) is 0 Å². The van der Waals surface area contributed by atoms with E-state index in [0.717, 1.165) is 4.90 Å². The number of para-hydroxylation sites is 1. The van der Waals surface area contributed by atoms with Gasteiger partial charge in [-0.2, -0.15) is 13.2 Å². The second kappa shape index (κ2) is 9.08. The van der Waals surface area contributed by atoms with E-state index in [1.165, 1.54) is 18.2 Å². The molecule has 0 saturated carbocycles. The molecular formula is C27H19F3N6O3. The number of rotatable bonds is 6. The standard InChI is InChI=1S/C27H19F3N6O3/c28-27(29,30)23-21-22(17-8-3-4-9-18(17)33-23)35(24(34-21)19-10-5-11-31-19)13-12-32-20(37)14-36-25(38)15-6-1-2-7-16(15)26(36)39/h1-11,31H,12-14H2,(H,32,37). The first-order chi connectivity index (χ1) is 18.7. The van der Waals surface area contributed by atoms with Crippen LogP contribution in [0.25, 0.3) is 33.5 Å². The Labute approximate surface area is 218 Å². The maximum absolute atomic E-state index is 14.0. The molecule has 9 nitrogen and oxygen atoms in total. The van der Waals surface area contributed by atoms with Gasteiger partial charge in [0.1, 0.15) is 12.1 Å². The monoisotopic (exact) mass is 532 g/mol. The van der Waals surface area contributed by atoms with Gasteiger partial charge in [0, 0.05) is 24.7 Å². The average Bonchev–Trinajstić information content (AvgIpc) is 3.63. The fourth-order valence-electron chi connectivity index (χ4n) is 4.82. The van der Waals surface area contributed by atoms with E-state index in [-0.39, 0.29) is 46.6 Å². The van der Waals surface area contributed by atoms with E-state index < -0.39 is 36.1 Å². The highest BCUT2D eigenvalue weighted by atomic mass is 19.4. The fraction of sp³-hybridized carbons (Fsp3) is 0.148. The number of pyridine rings is 1. The van der Waals surface area contributed by atoms with Crippen molar-refractivity contribution in [1.82, 2.24) is 29.7 Å². The van der Waals surface area contributed by atoms with E-state index in [0.29, 0.717) is 11.1 Å². The van der Waals surface area contributed by atoms with Crippen molar-refractivity contribution < 1.29 is 27.6 Å². The number of carbonyl (C=O) groups is 3. The van der Waals surface area contributed by atoms with Crippen LogP contribution in [0.3, 0.4) is 0 Å². The summed E-state index contributed by atoms with van der Waals surface area (Å²) in [6, 6.07) is 16.2. The molecule has 2 N–H and O–H groups in total. The molecule has 6 rings (SSSR count). The van der Waals surface area contributed by atoms with Gasteiger partial charge in [0.25, 0.3) is 11.8 Å². The molecule has 0 fully saturated rings. The normalized spacial score (nSPS) is 13.5. The van der Waals surface area contributed by atoms with E-state index >= 15 is 0 Å². The summed E-state index contributed by atoms with van der Waals surface area (Å²) < 4.78 is 43.6. The minimum atomic E-state index is -4.74. The zero-order chi connectivity index (χ0) is 27.3. The summed E-state index contributed by atoms with van der Waals surface area (Å²) in [6.45, 7) is -0.422. The first-order valence-electron chi connectivity index (χ1n) is 12.0. The van der Waals surface area contributed by atoms with Crippen LogP contribution in [-0.4, -0.2) is 55.2 Å². The van der Waals surface area contributed by atoms with Crippen molar-refractivity contribution in [2.45, 2.75) is 12.7 Å². The molecule has 0 aliphatic carbocycles. The van der Waals surface area contributed by atoms with Crippen LogP contribution in [0, 0.1) is 0 Å². The molecule has 39 heavy (non-hydrogen) atoms. The molecule has 0 spiro atoms. The van der Waals surface area contributed by atoms with Crippen LogP contribution in [0.5, 0.6) is 0 Å². The predicted molar refractivity (Wildman–Crippen MR) is 135 cm³/mol. The lowest BCUT2D eigenvalue weighted by Crippen LogP contribution is -2.41. The Morgan fingerprint density at radius 1 is 0.923 bits per heavy atom. The Balaban J connectivity index is 1.31. The topological polar surface area (TPSA) is 113 Å². The van der Waals surface area contributed by atoms with Crippen LogP contribution in [0.4, 0.5) is 13.2 Å². The van der Waals surface area contributed by atoms with Gasteiger partial charge in [0.05, 0.1) is 27.9 Å². The molecular weight excluding hydrogens is 513 g/mol. The van der Waals surface area contributed by atoms with E-state index in [2.05, 4.69) is 20.3 Å². The summed E-state index contributed by atoms with van der Waals surface area (Å²) in [7, 11) is 0. The van der Waals surface area contributed by atoms with Crippen molar-refractivity contribution in [3.05, 3.63) is 83.7 Å². The van der Waals surface area contributed by atoms with Crippen molar-refractivity contribution in [3.63, 3.8) is 0 Å². The van der Waals surface area contributed by atoms with Crippen molar-refractivity contribution in [3.8, 4) is 11.5 Å². The zero-order valence-electron chi connectivity index (χ0n) is 20.1. The number of alkyl halides is 3. The number of nitrogens with one attached hydrogen (secondary N) is 2. The molecule has 3 amide bonds. The van der Waals surface area contributed by atoms with Gasteiger partial charge in [0.2, 0.25) is 5.91 Å². The van der Waals surface area contributed by atoms with Gasteiger partial charge in [0.15, 0.2) is 11.5 Å². The number of imide groups is 1. The summed E-state index contributed by atoms with van der Waals surface area (Å²) in [5, 5.41) is 3.14. The van der Waals surface area contributed by atoms with Crippen molar-refractivity contribution in [2.75, 3.05) is 13.1 Å². The number of nitrogens with zero attached hydrogens (tertiary/aromatic N) is 4. The second-order valence-electron chi connectivity index (χ2n) is 8.94. The number of aromatic amines is 1. The first kappa shape index (κ1) is 24.3. The number of hydrogen-bond acceptors (Lipinski definition) is 5. The Bertz CT molecular complexity index is 1740. The van der Waals surface area contributed by atoms with E-state index in [1.807, 2.05) is 0 Å². The van der Waals surface area contributed by atoms with Crippen LogP contribution in [-0.2, 0) is 17.5 Å². The first-order valence-corrected chi connectivity index (χ1v) is 12.0. The highest BCUT2D eigenvalue weighted by Gasteiger charge is 2.38. The molecule has 196 valence electrons. The molecule has 1 aliphatic heterocycles. The molecule has 0 saturated heterocycles. The quantitative estimate of drug-likeness (QED) is 0.321. The lowest BCUT2D eigenvalue weighted by atomic mass is 10.1. The van der Waals surface area contributed by atoms with Crippen molar-refractivity contribution in [1.29, 1.82) is 0 Å². The highest BCUT2D eigenvalue weighted by Crippen LogP contribution is 2.38. The minimum Gasteiger partial charge on any atom is -0.359 e. The van der Waals surface area contributed by atoms with Crippen molar-refractivity contribution >= 4 is 39.7 Å². The number of imidazole rings is 1. The van der Waals surface area contributed by atoms with Gasteiger partial charge in [-0.05, 0) is 30.3 Å². The maximum Gasteiger partial charge on any atom is 0.435 e. The lowest BCUT2D eigenvalue weighted by Gasteiger charge is -2.15. The second-order valence-corrected chi connectivity index (χ2v) is 8.94. The lowest BCUT2D eigenvalue weighted by molar-refractivity contribution is -0.139. The Morgan fingerprint density at radius 3 is 2.28 bits per heavy atom. The van der Waals surface area contributed by atoms with Gasteiger partial charge in [-0.25, -0.2) is 9.97 Å². The van der Waals surface area contributed by atoms with Gasteiger partial charge >= 0.3 is 6.18 Å². The van der Waals surface area contributed by atoms with Gasteiger partial charge < -0.3 is 14.9 Å². The zero-order valence-corrected chi connectivity index (χ0v) is 20.1. The van der Waals surface area contributed by atoms with E-state index in [4.69, 9.17) is 0 Å². The third-order valence-electron chi connectivity index (χ3n) is 6.53. The molecule has 0 atom stereocenters. The molecule has 3 aromatic heterocycles. The van der Waals surface area contributed by atoms with Crippen molar-refractivity contribution in [2.24, 2.45) is 0 Å². The number of halogens is 3. The Hall–Kier alpha value is -5.00. The molecule has 1 aliphatic rings. The number of carbonyl (C=O) groups excluding carboxylic acids is 3. The van der Waals surface area contributed by atoms with Crippen LogP contribution < -0.4 is 5.32 Å². The van der Waals surface area contributed by atoms with E-state index in [1.54, 1.807) is 53.2 Å². The number of fused-ring (bicyclic) bond motifs is 4. The van der Waals surface area contributed by atoms with Crippen LogP contribution in [0.15, 0.2) is 66.9 Å². The van der Waals surface area contributed by atoms with Gasteiger partial charge in [-0.1, -0.05) is 30.3 Å². The average molecular weight is 532 g/mol. The number of benzene rings is 2. The number of hydrogen-bond donors (Lipinski definition) is 2. The summed E-state index contributed by atoms with van der Waals surface area (Å²) in [6.07, 6.45) is -3.11.